The van der Waals surface area contributed by atoms with E-state index in [9.17, 15) is 0 Å². The molecule has 0 radical (unpaired) electrons. The standard InChI is InChI=1S/C16H26N2O/c1-2-15(16-6-4-12-19-16)18-10-7-13(8-11-18)14-5-3-9-17-14/h4,6,12-15,17H,2-3,5,7-11H2,1H3. The first-order valence-corrected chi connectivity index (χ1v) is 7.89. The summed E-state index contributed by atoms with van der Waals surface area (Å²) in [6.07, 6.45) is 8.38. The highest BCUT2D eigenvalue weighted by atomic mass is 16.3. The zero-order valence-corrected chi connectivity index (χ0v) is 12.0. The van der Waals surface area contributed by atoms with Crippen molar-refractivity contribution in [2.45, 2.75) is 51.1 Å². The molecule has 0 aromatic carbocycles. The molecule has 3 rings (SSSR count). The lowest BCUT2D eigenvalue weighted by Crippen LogP contribution is -2.42. The zero-order valence-electron chi connectivity index (χ0n) is 12.0. The van der Waals surface area contributed by atoms with Crippen LogP contribution in [-0.4, -0.2) is 30.6 Å². The average Bonchev–Trinajstić information content (AvgIpc) is 3.14. The molecule has 2 unspecified atom stereocenters. The van der Waals surface area contributed by atoms with Crippen LogP contribution in [0.3, 0.4) is 0 Å². The normalized spacial score (nSPS) is 27.7. The first-order chi connectivity index (χ1) is 9.38. The molecule has 0 amide bonds. The molecular formula is C16H26N2O. The van der Waals surface area contributed by atoms with Gasteiger partial charge in [-0.2, -0.15) is 0 Å². The van der Waals surface area contributed by atoms with Gasteiger partial charge in [-0.25, -0.2) is 0 Å². The molecule has 1 aromatic rings. The number of hydrogen-bond donors (Lipinski definition) is 1. The molecule has 0 bridgehead atoms. The summed E-state index contributed by atoms with van der Waals surface area (Å²) in [5.74, 6) is 2.03. The second-order valence-corrected chi connectivity index (χ2v) is 6.02. The largest absolute Gasteiger partial charge is 0.468 e. The maximum absolute atomic E-state index is 5.61. The van der Waals surface area contributed by atoms with E-state index in [1.165, 1.54) is 45.3 Å². The van der Waals surface area contributed by atoms with Gasteiger partial charge in [0.1, 0.15) is 5.76 Å². The Bertz CT molecular complexity index is 362. The highest BCUT2D eigenvalue weighted by Gasteiger charge is 2.31. The number of rotatable bonds is 4. The molecule has 0 spiro atoms. The van der Waals surface area contributed by atoms with Gasteiger partial charge in [0.05, 0.1) is 12.3 Å². The van der Waals surface area contributed by atoms with Gasteiger partial charge in [-0.3, -0.25) is 4.90 Å². The molecule has 3 heterocycles. The van der Waals surface area contributed by atoms with Gasteiger partial charge in [0.25, 0.3) is 0 Å². The predicted molar refractivity (Wildman–Crippen MR) is 77.1 cm³/mol. The fraction of sp³-hybridized carbons (Fsp3) is 0.750. The van der Waals surface area contributed by atoms with E-state index >= 15 is 0 Å². The smallest absolute Gasteiger partial charge is 0.120 e. The van der Waals surface area contributed by atoms with Crippen molar-refractivity contribution >= 4 is 0 Å². The number of piperidine rings is 1. The van der Waals surface area contributed by atoms with Crippen LogP contribution in [0, 0.1) is 5.92 Å². The molecule has 3 nitrogen and oxygen atoms in total. The van der Waals surface area contributed by atoms with Gasteiger partial charge in [0.2, 0.25) is 0 Å². The molecule has 2 aliphatic heterocycles. The van der Waals surface area contributed by atoms with Crippen LogP contribution < -0.4 is 5.32 Å². The number of nitrogens with zero attached hydrogens (tertiary/aromatic N) is 1. The Morgan fingerprint density at radius 1 is 1.37 bits per heavy atom. The van der Waals surface area contributed by atoms with E-state index in [4.69, 9.17) is 4.42 Å². The van der Waals surface area contributed by atoms with Crippen LogP contribution in [0.2, 0.25) is 0 Å². The second kappa shape index (κ2) is 6.10. The van der Waals surface area contributed by atoms with Crippen molar-refractivity contribution in [1.82, 2.24) is 10.2 Å². The Morgan fingerprint density at radius 2 is 2.21 bits per heavy atom. The van der Waals surface area contributed by atoms with Gasteiger partial charge in [0.15, 0.2) is 0 Å². The van der Waals surface area contributed by atoms with Crippen LogP contribution in [0.1, 0.15) is 50.8 Å². The number of nitrogens with one attached hydrogen (secondary N) is 1. The summed E-state index contributed by atoms with van der Waals surface area (Å²) in [4.78, 5) is 2.62. The van der Waals surface area contributed by atoms with Crippen LogP contribution in [0.25, 0.3) is 0 Å². The van der Waals surface area contributed by atoms with E-state index in [0.29, 0.717) is 6.04 Å². The molecule has 0 aliphatic carbocycles. The third-order valence-corrected chi connectivity index (χ3v) is 4.94. The predicted octanol–water partition coefficient (Wildman–Crippen LogP) is 3.19. The molecule has 106 valence electrons. The van der Waals surface area contributed by atoms with E-state index < -0.39 is 0 Å². The molecule has 2 fully saturated rings. The van der Waals surface area contributed by atoms with Gasteiger partial charge in [0, 0.05) is 6.04 Å². The molecule has 2 aliphatic rings. The topological polar surface area (TPSA) is 28.4 Å². The van der Waals surface area contributed by atoms with E-state index in [-0.39, 0.29) is 0 Å². The lowest BCUT2D eigenvalue weighted by atomic mass is 9.87. The van der Waals surface area contributed by atoms with Crippen molar-refractivity contribution in [2.75, 3.05) is 19.6 Å². The van der Waals surface area contributed by atoms with Crippen LogP contribution in [-0.2, 0) is 0 Å². The zero-order chi connectivity index (χ0) is 13.1. The number of likely N-dealkylation sites (tertiary alicyclic amines) is 1. The van der Waals surface area contributed by atoms with Crippen molar-refractivity contribution in [1.29, 1.82) is 0 Å². The lowest BCUT2D eigenvalue weighted by Gasteiger charge is -2.38. The second-order valence-electron chi connectivity index (χ2n) is 6.02. The Balaban J connectivity index is 1.56. The van der Waals surface area contributed by atoms with Gasteiger partial charge >= 0.3 is 0 Å². The summed E-state index contributed by atoms with van der Waals surface area (Å²) in [6.45, 7) is 5.94. The third-order valence-electron chi connectivity index (χ3n) is 4.94. The maximum Gasteiger partial charge on any atom is 0.120 e. The van der Waals surface area contributed by atoms with Crippen molar-refractivity contribution in [2.24, 2.45) is 5.92 Å². The van der Waals surface area contributed by atoms with Gasteiger partial charge in [-0.15, -0.1) is 0 Å². The summed E-state index contributed by atoms with van der Waals surface area (Å²) in [5, 5.41) is 3.67. The highest BCUT2D eigenvalue weighted by Crippen LogP contribution is 2.32. The van der Waals surface area contributed by atoms with Crippen molar-refractivity contribution < 1.29 is 4.42 Å². The summed E-state index contributed by atoms with van der Waals surface area (Å²) in [7, 11) is 0. The monoisotopic (exact) mass is 262 g/mol. The Kier molecular flexibility index (Phi) is 4.24. The summed E-state index contributed by atoms with van der Waals surface area (Å²) in [5.41, 5.74) is 0. The van der Waals surface area contributed by atoms with E-state index in [1.54, 1.807) is 6.26 Å². The first-order valence-electron chi connectivity index (χ1n) is 7.89. The van der Waals surface area contributed by atoms with Crippen LogP contribution in [0.5, 0.6) is 0 Å². The summed E-state index contributed by atoms with van der Waals surface area (Å²) in [6, 6.07) is 5.41. The molecule has 0 saturated carbocycles. The Hall–Kier alpha value is -0.800. The summed E-state index contributed by atoms with van der Waals surface area (Å²) >= 11 is 0. The van der Waals surface area contributed by atoms with E-state index in [2.05, 4.69) is 23.2 Å². The van der Waals surface area contributed by atoms with Crippen LogP contribution in [0.15, 0.2) is 22.8 Å². The van der Waals surface area contributed by atoms with Crippen LogP contribution in [0.4, 0.5) is 0 Å². The Morgan fingerprint density at radius 3 is 2.79 bits per heavy atom. The molecule has 1 aromatic heterocycles. The molecule has 2 atom stereocenters. The average molecular weight is 262 g/mol. The first kappa shape index (κ1) is 13.2. The third kappa shape index (κ3) is 2.87. The van der Waals surface area contributed by atoms with Crippen molar-refractivity contribution in [3.8, 4) is 0 Å². The SMILES string of the molecule is CCC(c1ccco1)N1CCC(C2CCCN2)CC1. The fourth-order valence-corrected chi connectivity index (χ4v) is 3.87. The molecule has 3 heteroatoms. The summed E-state index contributed by atoms with van der Waals surface area (Å²) < 4.78 is 5.61. The minimum Gasteiger partial charge on any atom is -0.468 e. The highest BCUT2D eigenvalue weighted by molar-refractivity contribution is 5.05. The fourth-order valence-electron chi connectivity index (χ4n) is 3.87. The number of hydrogen-bond acceptors (Lipinski definition) is 3. The maximum atomic E-state index is 5.61. The van der Waals surface area contributed by atoms with Crippen LogP contribution >= 0.6 is 0 Å². The quantitative estimate of drug-likeness (QED) is 0.903. The van der Waals surface area contributed by atoms with E-state index in [0.717, 1.165) is 24.1 Å². The molecular weight excluding hydrogens is 236 g/mol. The van der Waals surface area contributed by atoms with Crippen molar-refractivity contribution in [3.63, 3.8) is 0 Å². The van der Waals surface area contributed by atoms with Gasteiger partial charge in [-0.05, 0) is 69.8 Å². The molecule has 2 saturated heterocycles. The van der Waals surface area contributed by atoms with Crippen molar-refractivity contribution in [3.05, 3.63) is 24.2 Å². The number of furan rings is 1. The minimum atomic E-state index is 0.479. The van der Waals surface area contributed by atoms with Gasteiger partial charge in [-0.1, -0.05) is 6.92 Å². The lowest BCUT2D eigenvalue weighted by molar-refractivity contribution is 0.104. The Labute approximate surface area is 116 Å². The minimum absolute atomic E-state index is 0.479. The molecule has 19 heavy (non-hydrogen) atoms. The molecule has 1 N–H and O–H groups in total. The van der Waals surface area contributed by atoms with Gasteiger partial charge < -0.3 is 9.73 Å². The van der Waals surface area contributed by atoms with E-state index in [1.807, 2.05) is 6.07 Å².